The Kier molecular flexibility index (Phi) is 8.51. The lowest BCUT2D eigenvalue weighted by molar-refractivity contribution is -0.122. The molecule has 21 heavy (non-hydrogen) atoms. The molecule has 0 aliphatic carbocycles. The fourth-order valence-corrected chi connectivity index (χ4v) is 2.27. The standard InChI is InChI=1S/C17H28N2O2/c1-14(2)11-15(13-18)12-17(20)19-9-6-10-21-16-7-4-3-5-8-16/h3-5,7-8,14-15H,6,9-13,18H2,1-2H3,(H,19,20). The molecule has 1 aromatic rings. The predicted molar refractivity (Wildman–Crippen MR) is 86.2 cm³/mol. The Morgan fingerprint density at radius 2 is 2.00 bits per heavy atom. The number of rotatable bonds is 10. The first-order valence-electron chi connectivity index (χ1n) is 7.76. The van der Waals surface area contributed by atoms with Crippen LogP contribution < -0.4 is 15.8 Å². The highest BCUT2D eigenvalue weighted by molar-refractivity contribution is 5.76. The van der Waals surface area contributed by atoms with Crippen molar-refractivity contribution < 1.29 is 9.53 Å². The molecule has 0 aliphatic heterocycles. The topological polar surface area (TPSA) is 64.4 Å². The average Bonchev–Trinajstić information content (AvgIpc) is 2.46. The third-order valence-electron chi connectivity index (χ3n) is 3.27. The fourth-order valence-electron chi connectivity index (χ4n) is 2.27. The van der Waals surface area contributed by atoms with Gasteiger partial charge >= 0.3 is 0 Å². The van der Waals surface area contributed by atoms with Crippen LogP contribution >= 0.6 is 0 Å². The maximum Gasteiger partial charge on any atom is 0.220 e. The lowest BCUT2D eigenvalue weighted by atomic mass is 9.94. The van der Waals surface area contributed by atoms with Crippen molar-refractivity contribution in [2.24, 2.45) is 17.6 Å². The number of ether oxygens (including phenoxy) is 1. The smallest absolute Gasteiger partial charge is 0.220 e. The summed E-state index contributed by atoms with van der Waals surface area (Å²) >= 11 is 0. The van der Waals surface area contributed by atoms with Gasteiger partial charge in [-0.15, -0.1) is 0 Å². The highest BCUT2D eigenvalue weighted by atomic mass is 16.5. The molecule has 1 rings (SSSR count). The van der Waals surface area contributed by atoms with E-state index in [9.17, 15) is 4.79 Å². The highest BCUT2D eigenvalue weighted by Crippen LogP contribution is 2.14. The average molecular weight is 292 g/mol. The third kappa shape index (κ3) is 8.35. The van der Waals surface area contributed by atoms with Crippen LogP contribution in [0.1, 0.15) is 33.1 Å². The van der Waals surface area contributed by atoms with E-state index < -0.39 is 0 Å². The van der Waals surface area contributed by atoms with Crippen LogP contribution in [0.5, 0.6) is 5.75 Å². The molecule has 118 valence electrons. The van der Waals surface area contributed by atoms with Gasteiger partial charge in [-0.05, 0) is 43.4 Å². The first-order chi connectivity index (χ1) is 10.1. The molecule has 1 aromatic carbocycles. The van der Waals surface area contributed by atoms with Gasteiger partial charge in [-0.3, -0.25) is 4.79 Å². The Bertz CT molecular complexity index is 393. The van der Waals surface area contributed by atoms with Crippen molar-refractivity contribution in [1.29, 1.82) is 0 Å². The lowest BCUT2D eigenvalue weighted by Crippen LogP contribution is -2.30. The molecular formula is C17H28N2O2. The first-order valence-corrected chi connectivity index (χ1v) is 7.76. The van der Waals surface area contributed by atoms with Crippen molar-refractivity contribution >= 4 is 5.91 Å². The number of carbonyl (C=O) groups excluding carboxylic acids is 1. The summed E-state index contributed by atoms with van der Waals surface area (Å²) in [5, 5.41) is 2.93. The van der Waals surface area contributed by atoms with Gasteiger partial charge in [-0.1, -0.05) is 32.0 Å². The van der Waals surface area contributed by atoms with Crippen LogP contribution in [0.4, 0.5) is 0 Å². The van der Waals surface area contributed by atoms with E-state index in [-0.39, 0.29) is 11.8 Å². The zero-order valence-electron chi connectivity index (χ0n) is 13.2. The van der Waals surface area contributed by atoms with Crippen LogP contribution in [0.25, 0.3) is 0 Å². The van der Waals surface area contributed by atoms with E-state index in [0.29, 0.717) is 32.0 Å². The van der Waals surface area contributed by atoms with Crippen LogP contribution in [0.3, 0.4) is 0 Å². The highest BCUT2D eigenvalue weighted by Gasteiger charge is 2.13. The van der Waals surface area contributed by atoms with Crippen LogP contribution in [-0.4, -0.2) is 25.6 Å². The van der Waals surface area contributed by atoms with Gasteiger partial charge in [0, 0.05) is 13.0 Å². The number of amides is 1. The van der Waals surface area contributed by atoms with E-state index in [1.165, 1.54) is 0 Å². The van der Waals surface area contributed by atoms with Gasteiger partial charge in [0.25, 0.3) is 0 Å². The van der Waals surface area contributed by atoms with E-state index >= 15 is 0 Å². The SMILES string of the molecule is CC(C)CC(CN)CC(=O)NCCCOc1ccccc1. The number of para-hydroxylation sites is 1. The van der Waals surface area contributed by atoms with Crippen molar-refractivity contribution in [2.45, 2.75) is 33.1 Å². The molecule has 0 heterocycles. The molecule has 0 spiro atoms. The van der Waals surface area contributed by atoms with Crippen molar-refractivity contribution in [3.05, 3.63) is 30.3 Å². The fraction of sp³-hybridized carbons (Fsp3) is 0.588. The van der Waals surface area contributed by atoms with Gasteiger partial charge in [-0.25, -0.2) is 0 Å². The van der Waals surface area contributed by atoms with Gasteiger partial charge in [0.15, 0.2) is 0 Å². The minimum absolute atomic E-state index is 0.0887. The van der Waals surface area contributed by atoms with Crippen molar-refractivity contribution in [3.63, 3.8) is 0 Å². The second-order valence-electron chi connectivity index (χ2n) is 5.80. The Morgan fingerprint density at radius 3 is 2.62 bits per heavy atom. The normalized spacial score (nSPS) is 12.2. The monoisotopic (exact) mass is 292 g/mol. The van der Waals surface area contributed by atoms with E-state index in [2.05, 4.69) is 19.2 Å². The third-order valence-corrected chi connectivity index (χ3v) is 3.27. The van der Waals surface area contributed by atoms with Crippen molar-refractivity contribution in [1.82, 2.24) is 5.32 Å². The van der Waals surface area contributed by atoms with Gasteiger partial charge < -0.3 is 15.8 Å². The maximum absolute atomic E-state index is 11.8. The second kappa shape index (κ2) is 10.2. The van der Waals surface area contributed by atoms with Gasteiger partial charge in [-0.2, -0.15) is 0 Å². The summed E-state index contributed by atoms with van der Waals surface area (Å²) in [6, 6.07) is 9.70. The number of benzene rings is 1. The number of hydrogen-bond acceptors (Lipinski definition) is 3. The molecule has 3 N–H and O–H groups in total. The maximum atomic E-state index is 11.8. The van der Waals surface area contributed by atoms with Crippen molar-refractivity contribution in [2.75, 3.05) is 19.7 Å². The van der Waals surface area contributed by atoms with Gasteiger partial charge in [0.1, 0.15) is 5.75 Å². The number of nitrogens with two attached hydrogens (primary N) is 1. The van der Waals surface area contributed by atoms with Gasteiger partial charge in [0.05, 0.1) is 6.61 Å². The molecule has 1 unspecified atom stereocenters. The molecule has 4 nitrogen and oxygen atoms in total. The first kappa shape index (κ1) is 17.5. The van der Waals surface area contributed by atoms with E-state index in [1.807, 2.05) is 30.3 Å². The van der Waals surface area contributed by atoms with Gasteiger partial charge in [0.2, 0.25) is 5.91 Å². The van der Waals surface area contributed by atoms with E-state index in [1.54, 1.807) is 0 Å². The summed E-state index contributed by atoms with van der Waals surface area (Å²) in [7, 11) is 0. The van der Waals surface area contributed by atoms with E-state index in [4.69, 9.17) is 10.5 Å². The molecule has 1 amide bonds. The molecule has 4 heteroatoms. The Labute approximate surface area is 128 Å². The number of nitrogens with one attached hydrogen (secondary N) is 1. The summed E-state index contributed by atoms with van der Waals surface area (Å²) in [5.74, 6) is 1.81. The minimum atomic E-state index is 0.0887. The molecule has 0 bridgehead atoms. The molecule has 0 saturated carbocycles. The Morgan fingerprint density at radius 1 is 1.29 bits per heavy atom. The second-order valence-corrected chi connectivity index (χ2v) is 5.80. The zero-order valence-corrected chi connectivity index (χ0v) is 13.2. The molecule has 0 radical (unpaired) electrons. The van der Waals surface area contributed by atoms with Crippen LogP contribution in [0.2, 0.25) is 0 Å². The summed E-state index contributed by atoms with van der Waals surface area (Å²) < 4.78 is 5.57. The number of carbonyl (C=O) groups is 1. The molecule has 0 saturated heterocycles. The molecule has 0 aliphatic rings. The van der Waals surface area contributed by atoms with Crippen LogP contribution in [0.15, 0.2) is 30.3 Å². The molecule has 1 atom stereocenters. The summed E-state index contributed by atoms with van der Waals surface area (Å²) in [6.45, 7) is 6.13. The quantitative estimate of drug-likeness (QED) is 0.651. The van der Waals surface area contributed by atoms with Crippen LogP contribution in [0, 0.1) is 11.8 Å². The Balaban J connectivity index is 2.10. The van der Waals surface area contributed by atoms with E-state index in [0.717, 1.165) is 18.6 Å². The lowest BCUT2D eigenvalue weighted by Gasteiger charge is -2.16. The molecule has 0 aromatic heterocycles. The molecular weight excluding hydrogens is 264 g/mol. The minimum Gasteiger partial charge on any atom is -0.494 e. The summed E-state index contributed by atoms with van der Waals surface area (Å²) in [5.41, 5.74) is 5.71. The summed E-state index contributed by atoms with van der Waals surface area (Å²) in [4.78, 5) is 11.8. The Hall–Kier alpha value is -1.55. The van der Waals surface area contributed by atoms with Crippen LogP contribution in [-0.2, 0) is 4.79 Å². The predicted octanol–water partition coefficient (Wildman–Crippen LogP) is 2.58. The molecule has 0 fully saturated rings. The zero-order chi connectivity index (χ0) is 15.5. The largest absolute Gasteiger partial charge is 0.494 e. The van der Waals surface area contributed by atoms with Crippen molar-refractivity contribution in [3.8, 4) is 5.75 Å². The summed E-state index contributed by atoms with van der Waals surface area (Å²) in [6.07, 6.45) is 2.33. The number of hydrogen-bond donors (Lipinski definition) is 2.